The summed E-state index contributed by atoms with van der Waals surface area (Å²) in [6, 6.07) is 3.60. The van der Waals surface area contributed by atoms with E-state index in [-0.39, 0.29) is 0 Å². The van der Waals surface area contributed by atoms with Gasteiger partial charge in [-0.05, 0) is 12.1 Å². The molecule has 1 aromatic carbocycles. The SMILES string of the molecule is COc1ccc(OC)c(OC)c1CN. The highest BCUT2D eigenvalue weighted by atomic mass is 16.5. The lowest BCUT2D eigenvalue weighted by molar-refractivity contribution is 0.344. The molecule has 0 saturated heterocycles. The Balaban J connectivity index is 3.28. The Bertz CT molecular complexity index is 281. The Morgan fingerprint density at radius 2 is 1.57 bits per heavy atom. The quantitative estimate of drug-likeness (QED) is 0.787. The van der Waals surface area contributed by atoms with E-state index in [9.17, 15) is 0 Å². The minimum Gasteiger partial charge on any atom is -0.496 e. The molecule has 0 radical (unpaired) electrons. The fraction of sp³-hybridized carbons (Fsp3) is 0.400. The van der Waals surface area contributed by atoms with Gasteiger partial charge < -0.3 is 19.9 Å². The molecule has 0 heterocycles. The average Bonchev–Trinajstić information content (AvgIpc) is 2.26. The summed E-state index contributed by atoms with van der Waals surface area (Å²) in [5.74, 6) is 2.01. The second-order valence-electron chi connectivity index (χ2n) is 2.69. The minimum atomic E-state index is 0.351. The van der Waals surface area contributed by atoms with Crippen molar-refractivity contribution in [3.63, 3.8) is 0 Å². The van der Waals surface area contributed by atoms with Gasteiger partial charge in [-0.25, -0.2) is 0 Å². The number of methoxy groups -OCH3 is 3. The third-order valence-corrected chi connectivity index (χ3v) is 2.03. The number of ether oxygens (including phenoxy) is 3. The third kappa shape index (κ3) is 1.75. The first-order valence-corrected chi connectivity index (χ1v) is 4.26. The van der Waals surface area contributed by atoms with Gasteiger partial charge >= 0.3 is 0 Å². The molecule has 0 spiro atoms. The van der Waals surface area contributed by atoms with Crippen LogP contribution in [0.1, 0.15) is 5.56 Å². The smallest absolute Gasteiger partial charge is 0.168 e. The molecular weight excluding hydrogens is 182 g/mol. The van der Waals surface area contributed by atoms with Gasteiger partial charge in [0.15, 0.2) is 11.5 Å². The van der Waals surface area contributed by atoms with Crippen molar-refractivity contribution in [2.24, 2.45) is 5.73 Å². The molecule has 1 aromatic rings. The van der Waals surface area contributed by atoms with Gasteiger partial charge in [0.25, 0.3) is 0 Å². The zero-order chi connectivity index (χ0) is 10.6. The molecule has 78 valence electrons. The Morgan fingerprint density at radius 1 is 1.00 bits per heavy atom. The normalized spacial score (nSPS) is 9.71. The molecule has 4 heteroatoms. The molecule has 14 heavy (non-hydrogen) atoms. The van der Waals surface area contributed by atoms with Crippen molar-refractivity contribution >= 4 is 0 Å². The van der Waals surface area contributed by atoms with Crippen molar-refractivity contribution in [1.82, 2.24) is 0 Å². The maximum absolute atomic E-state index is 5.61. The summed E-state index contributed by atoms with van der Waals surface area (Å²) in [6.45, 7) is 0.351. The van der Waals surface area contributed by atoms with Crippen molar-refractivity contribution in [1.29, 1.82) is 0 Å². The molecular formula is C10H15NO3. The van der Waals surface area contributed by atoms with E-state index in [0.717, 1.165) is 5.56 Å². The van der Waals surface area contributed by atoms with E-state index < -0.39 is 0 Å². The van der Waals surface area contributed by atoms with Gasteiger partial charge in [-0.2, -0.15) is 0 Å². The molecule has 1 rings (SSSR count). The van der Waals surface area contributed by atoms with E-state index in [0.29, 0.717) is 23.8 Å². The molecule has 0 aliphatic rings. The minimum absolute atomic E-state index is 0.351. The van der Waals surface area contributed by atoms with Gasteiger partial charge in [0.05, 0.1) is 26.9 Å². The Kier molecular flexibility index (Phi) is 3.59. The summed E-state index contributed by atoms with van der Waals surface area (Å²) in [5, 5.41) is 0. The van der Waals surface area contributed by atoms with E-state index in [1.54, 1.807) is 27.4 Å². The van der Waals surface area contributed by atoms with Crippen molar-refractivity contribution < 1.29 is 14.2 Å². The maximum Gasteiger partial charge on any atom is 0.168 e. The van der Waals surface area contributed by atoms with Gasteiger partial charge in [0.1, 0.15) is 5.75 Å². The van der Waals surface area contributed by atoms with Crippen molar-refractivity contribution in [3.05, 3.63) is 17.7 Å². The Labute approximate surface area is 83.6 Å². The topological polar surface area (TPSA) is 53.7 Å². The Morgan fingerprint density at radius 3 is 2.00 bits per heavy atom. The van der Waals surface area contributed by atoms with Crippen LogP contribution >= 0.6 is 0 Å². The number of hydrogen-bond donors (Lipinski definition) is 1. The van der Waals surface area contributed by atoms with Crippen LogP contribution in [-0.2, 0) is 6.54 Å². The predicted molar refractivity (Wildman–Crippen MR) is 54.0 cm³/mol. The lowest BCUT2D eigenvalue weighted by Crippen LogP contribution is -2.04. The third-order valence-electron chi connectivity index (χ3n) is 2.03. The van der Waals surface area contributed by atoms with Gasteiger partial charge in [-0.1, -0.05) is 0 Å². The second-order valence-corrected chi connectivity index (χ2v) is 2.69. The molecule has 0 bridgehead atoms. The zero-order valence-corrected chi connectivity index (χ0v) is 8.66. The molecule has 4 nitrogen and oxygen atoms in total. The molecule has 0 fully saturated rings. The molecule has 0 atom stereocenters. The molecule has 2 N–H and O–H groups in total. The van der Waals surface area contributed by atoms with Crippen LogP contribution in [0.2, 0.25) is 0 Å². The second kappa shape index (κ2) is 4.72. The molecule has 0 amide bonds. The van der Waals surface area contributed by atoms with Crippen molar-refractivity contribution in [2.75, 3.05) is 21.3 Å². The number of hydrogen-bond acceptors (Lipinski definition) is 4. The van der Waals surface area contributed by atoms with Gasteiger partial charge in [-0.3, -0.25) is 0 Å². The standard InChI is InChI=1S/C10H15NO3/c1-12-8-4-5-9(13-2)10(14-3)7(8)6-11/h4-5H,6,11H2,1-3H3. The van der Waals surface area contributed by atoms with Crippen LogP contribution in [-0.4, -0.2) is 21.3 Å². The lowest BCUT2D eigenvalue weighted by atomic mass is 10.1. The number of rotatable bonds is 4. The summed E-state index contributed by atoms with van der Waals surface area (Å²) < 4.78 is 15.5. The molecule has 0 saturated carbocycles. The first-order chi connectivity index (χ1) is 6.78. The van der Waals surface area contributed by atoms with Crippen LogP contribution < -0.4 is 19.9 Å². The van der Waals surface area contributed by atoms with E-state index in [1.807, 2.05) is 6.07 Å². The molecule has 0 aliphatic heterocycles. The van der Waals surface area contributed by atoms with E-state index in [2.05, 4.69) is 0 Å². The number of nitrogens with two attached hydrogens (primary N) is 1. The van der Waals surface area contributed by atoms with Crippen LogP contribution in [0.25, 0.3) is 0 Å². The number of benzene rings is 1. The molecule has 0 aromatic heterocycles. The predicted octanol–water partition coefficient (Wildman–Crippen LogP) is 1.17. The van der Waals surface area contributed by atoms with Crippen molar-refractivity contribution in [3.8, 4) is 17.2 Å². The first kappa shape index (κ1) is 10.7. The van der Waals surface area contributed by atoms with Crippen LogP contribution in [0.5, 0.6) is 17.2 Å². The van der Waals surface area contributed by atoms with Crippen LogP contribution in [0.4, 0.5) is 0 Å². The monoisotopic (exact) mass is 197 g/mol. The highest BCUT2D eigenvalue weighted by molar-refractivity contribution is 5.53. The van der Waals surface area contributed by atoms with E-state index in [1.165, 1.54) is 0 Å². The zero-order valence-electron chi connectivity index (χ0n) is 8.66. The molecule has 0 unspecified atom stereocenters. The summed E-state index contributed by atoms with van der Waals surface area (Å²) in [7, 11) is 4.77. The average molecular weight is 197 g/mol. The van der Waals surface area contributed by atoms with Crippen LogP contribution in [0.3, 0.4) is 0 Å². The highest BCUT2D eigenvalue weighted by Gasteiger charge is 2.13. The van der Waals surface area contributed by atoms with Gasteiger partial charge in [-0.15, -0.1) is 0 Å². The summed E-state index contributed by atoms with van der Waals surface area (Å²) >= 11 is 0. The van der Waals surface area contributed by atoms with Crippen LogP contribution in [0, 0.1) is 0 Å². The van der Waals surface area contributed by atoms with E-state index in [4.69, 9.17) is 19.9 Å². The summed E-state index contributed by atoms with van der Waals surface area (Å²) in [4.78, 5) is 0. The lowest BCUT2D eigenvalue weighted by Gasteiger charge is -2.14. The van der Waals surface area contributed by atoms with E-state index >= 15 is 0 Å². The maximum atomic E-state index is 5.61. The Hall–Kier alpha value is -1.42. The van der Waals surface area contributed by atoms with Gasteiger partial charge in [0, 0.05) is 6.54 Å². The first-order valence-electron chi connectivity index (χ1n) is 4.26. The van der Waals surface area contributed by atoms with Crippen molar-refractivity contribution in [2.45, 2.75) is 6.54 Å². The van der Waals surface area contributed by atoms with Crippen LogP contribution in [0.15, 0.2) is 12.1 Å². The largest absolute Gasteiger partial charge is 0.496 e. The summed E-state index contributed by atoms with van der Waals surface area (Å²) in [5.41, 5.74) is 6.42. The summed E-state index contributed by atoms with van der Waals surface area (Å²) in [6.07, 6.45) is 0. The fourth-order valence-corrected chi connectivity index (χ4v) is 1.36. The van der Waals surface area contributed by atoms with Gasteiger partial charge in [0.2, 0.25) is 0 Å². The fourth-order valence-electron chi connectivity index (χ4n) is 1.36. The molecule has 0 aliphatic carbocycles. The highest BCUT2D eigenvalue weighted by Crippen LogP contribution is 2.36.